The third-order valence-electron chi connectivity index (χ3n) is 4.63. The SMILES string of the molecule is CC(C)c1nn(-c2ccc(Cl)cc2)c(C(C)C)c1C(=O)N1CCOCC1. The Labute approximate surface area is 159 Å². The molecule has 0 aliphatic carbocycles. The number of carbonyl (C=O) groups excluding carboxylic acids is 1. The van der Waals surface area contributed by atoms with Gasteiger partial charge in [-0.15, -0.1) is 0 Å². The van der Waals surface area contributed by atoms with Crippen LogP contribution in [0.3, 0.4) is 0 Å². The topological polar surface area (TPSA) is 47.4 Å². The van der Waals surface area contributed by atoms with Crippen molar-refractivity contribution in [2.24, 2.45) is 0 Å². The van der Waals surface area contributed by atoms with Crippen molar-refractivity contribution in [2.75, 3.05) is 26.3 Å². The molecule has 0 spiro atoms. The van der Waals surface area contributed by atoms with E-state index in [1.807, 2.05) is 33.8 Å². The van der Waals surface area contributed by atoms with Crippen LogP contribution in [0.4, 0.5) is 0 Å². The van der Waals surface area contributed by atoms with Gasteiger partial charge in [-0.1, -0.05) is 39.3 Å². The second kappa shape index (κ2) is 7.80. The first kappa shape index (κ1) is 18.9. The van der Waals surface area contributed by atoms with E-state index in [0.717, 1.165) is 22.6 Å². The standard InChI is InChI=1S/C20H26ClN3O2/c1-13(2)18-17(20(25)23-9-11-26-12-10-23)19(14(3)4)24(22-18)16-7-5-15(21)6-8-16/h5-8,13-14H,9-12H2,1-4H3. The maximum atomic E-state index is 13.3. The monoisotopic (exact) mass is 375 g/mol. The van der Waals surface area contributed by atoms with Crippen molar-refractivity contribution in [3.05, 3.63) is 46.2 Å². The molecule has 140 valence electrons. The smallest absolute Gasteiger partial charge is 0.257 e. The molecule has 1 aromatic heterocycles. The van der Waals surface area contributed by atoms with Crippen LogP contribution in [0.2, 0.25) is 5.02 Å². The summed E-state index contributed by atoms with van der Waals surface area (Å²) in [6.45, 7) is 10.8. The molecule has 1 fully saturated rings. The van der Waals surface area contributed by atoms with Gasteiger partial charge in [-0.3, -0.25) is 4.79 Å². The second-order valence-electron chi connectivity index (χ2n) is 7.25. The molecule has 6 heteroatoms. The van der Waals surface area contributed by atoms with Crippen molar-refractivity contribution in [3.8, 4) is 5.69 Å². The van der Waals surface area contributed by atoms with E-state index in [-0.39, 0.29) is 17.7 Å². The fourth-order valence-electron chi connectivity index (χ4n) is 3.31. The fourth-order valence-corrected chi connectivity index (χ4v) is 3.43. The summed E-state index contributed by atoms with van der Waals surface area (Å²) in [4.78, 5) is 15.2. The summed E-state index contributed by atoms with van der Waals surface area (Å²) >= 11 is 6.04. The third kappa shape index (κ3) is 3.64. The molecule has 1 amide bonds. The Morgan fingerprint density at radius 1 is 1.08 bits per heavy atom. The van der Waals surface area contributed by atoms with Crippen LogP contribution in [0.25, 0.3) is 5.69 Å². The van der Waals surface area contributed by atoms with E-state index >= 15 is 0 Å². The van der Waals surface area contributed by atoms with E-state index in [1.165, 1.54) is 0 Å². The maximum absolute atomic E-state index is 13.3. The molecule has 2 aromatic rings. The van der Waals surface area contributed by atoms with Crippen LogP contribution in [-0.4, -0.2) is 46.9 Å². The largest absolute Gasteiger partial charge is 0.378 e. The van der Waals surface area contributed by atoms with Gasteiger partial charge in [0.25, 0.3) is 5.91 Å². The first-order valence-corrected chi connectivity index (χ1v) is 9.53. The Balaban J connectivity index is 2.14. The summed E-state index contributed by atoms with van der Waals surface area (Å²) in [5, 5.41) is 5.52. The number of benzene rings is 1. The summed E-state index contributed by atoms with van der Waals surface area (Å²) in [7, 11) is 0. The summed E-state index contributed by atoms with van der Waals surface area (Å²) in [6, 6.07) is 7.57. The molecule has 3 rings (SSSR count). The number of nitrogens with zero attached hydrogens (tertiary/aromatic N) is 3. The van der Waals surface area contributed by atoms with Gasteiger partial charge >= 0.3 is 0 Å². The second-order valence-corrected chi connectivity index (χ2v) is 7.68. The zero-order valence-corrected chi connectivity index (χ0v) is 16.6. The number of morpholine rings is 1. The molecule has 2 heterocycles. The highest BCUT2D eigenvalue weighted by atomic mass is 35.5. The van der Waals surface area contributed by atoms with Gasteiger partial charge in [0.15, 0.2) is 0 Å². The molecule has 0 radical (unpaired) electrons. The Kier molecular flexibility index (Phi) is 5.68. The number of rotatable bonds is 4. The van der Waals surface area contributed by atoms with Gasteiger partial charge in [-0.25, -0.2) is 4.68 Å². The highest BCUT2D eigenvalue weighted by molar-refractivity contribution is 6.30. The molecular formula is C20H26ClN3O2. The van der Waals surface area contributed by atoms with E-state index in [4.69, 9.17) is 21.4 Å². The van der Waals surface area contributed by atoms with Gasteiger partial charge in [0.2, 0.25) is 0 Å². The molecular weight excluding hydrogens is 350 g/mol. The van der Waals surface area contributed by atoms with E-state index in [2.05, 4.69) is 27.7 Å². The molecule has 5 nitrogen and oxygen atoms in total. The maximum Gasteiger partial charge on any atom is 0.257 e. The van der Waals surface area contributed by atoms with Crippen molar-refractivity contribution in [3.63, 3.8) is 0 Å². The lowest BCUT2D eigenvalue weighted by Crippen LogP contribution is -2.41. The van der Waals surface area contributed by atoms with Crippen molar-refractivity contribution < 1.29 is 9.53 Å². The minimum absolute atomic E-state index is 0.0564. The van der Waals surface area contributed by atoms with E-state index in [1.54, 1.807) is 0 Å². The normalized spacial score (nSPS) is 15.1. The molecule has 1 aliphatic rings. The Morgan fingerprint density at radius 2 is 1.69 bits per heavy atom. The molecule has 1 aliphatic heterocycles. The van der Waals surface area contributed by atoms with Crippen molar-refractivity contribution in [1.82, 2.24) is 14.7 Å². The predicted octanol–water partition coefficient (Wildman–Crippen LogP) is 4.24. The van der Waals surface area contributed by atoms with Crippen LogP contribution in [0.15, 0.2) is 24.3 Å². The van der Waals surface area contributed by atoms with Crippen LogP contribution in [0.1, 0.15) is 61.3 Å². The van der Waals surface area contributed by atoms with Crippen LogP contribution in [0, 0.1) is 0 Å². The number of carbonyl (C=O) groups is 1. The average molecular weight is 376 g/mol. The average Bonchev–Trinajstić information content (AvgIpc) is 3.03. The number of aromatic nitrogens is 2. The third-order valence-corrected chi connectivity index (χ3v) is 4.88. The number of amides is 1. The quantitative estimate of drug-likeness (QED) is 0.802. The Hall–Kier alpha value is -1.85. The van der Waals surface area contributed by atoms with Gasteiger partial charge in [0.05, 0.1) is 35.9 Å². The summed E-state index contributed by atoms with van der Waals surface area (Å²) < 4.78 is 7.31. The zero-order valence-electron chi connectivity index (χ0n) is 15.8. The Morgan fingerprint density at radius 3 is 2.23 bits per heavy atom. The summed E-state index contributed by atoms with van der Waals surface area (Å²) in [5.74, 6) is 0.368. The van der Waals surface area contributed by atoms with Crippen molar-refractivity contribution in [2.45, 2.75) is 39.5 Å². The summed E-state index contributed by atoms with van der Waals surface area (Å²) in [5.41, 5.74) is 3.46. The molecule has 1 aromatic carbocycles. The lowest BCUT2D eigenvalue weighted by atomic mass is 9.97. The first-order valence-electron chi connectivity index (χ1n) is 9.16. The van der Waals surface area contributed by atoms with Gasteiger partial charge in [0, 0.05) is 18.1 Å². The lowest BCUT2D eigenvalue weighted by molar-refractivity contribution is 0.0301. The van der Waals surface area contributed by atoms with Crippen LogP contribution < -0.4 is 0 Å². The predicted molar refractivity (Wildman–Crippen MR) is 103 cm³/mol. The minimum atomic E-state index is 0.0564. The van der Waals surface area contributed by atoms with Crippen LogP contribution in [0.5, 0.6) is 0 Å². The molecule has 0 bridgehead atoms. The Bertz CT molecular complexity index is 775. The lowest BCUT2D eigenvalue weighted by Gasteiger charge is -2.27. The molecule has 26 heavy (non-hydrogen) atoms. The van der Waals surface area contributed by atoms with E-state index < -0.39 is 0 Å². The van der Waals surface area contributed by atoms with Gasteiger partial charge in [-0.05, 0) is 36.1 Å². The minimum Gasteiger partial charge on any atom is -0.378 e. The zero-order chi connectivity index (χ0) is 18.8. The van der Waals surface area contributed by atoms with Crippen molar-refractivity contribution >= 4 is 17.5 Å². The highest BCUT2D eigenvalue weighted by Gasteiger charge is 2.31. The first-order chi connectivity index (χ1) is 12.4. The van der Waals surface area contributed by atoms with E-state index in [0.29, 0.717) is 31.3 Å². The van der Waals surface area contributed by atoms with Crippen LogP contribution in [-0.2, 0) is 4.74 Å². The molecule has 0 atom stereocenters. The highest BCUT2D eigenvalue weighted by Crippen LogP contribution is 2.31. The van der Waals surface area contributed by atoms with E-state index in [9.17, 15) is 4.79 Å². The summed E-state index contributed by atoms with van der Waals surface area (Å²) in [6.07, 6.45) is 0. The van der Waals surface area contributed by atoms with Gasteiger partial charge in [0.1, 0.15) is 0 Å². The number of hydrogen-bond acceptors (Lipinski definition) is 3. The van der Waals surface area contributed by atoms with Crippen LogP contribution >= 0.6 is 11.6 Å². The van der Waals surface area contributed by atoms with Crippen molar-refractivity contribution in [1.29, 1.82) is 0 Å². The number of hydrogen-bond donors (Lipinski definition) is 0. The molecule has 0 saturated carbocycles. The molecule has 0 N–H and O–H groups in total. The fraction of sp³-hybridized carbons (Fsp3) is 0.500. The van der Waals surface area contributed by atoms with Gasteiger partial charge in [-0.2, -0.15) is 5.10 Å². The number of halogens is 1. The molecule has 0 unspecified atom stereocenters. The number of ether oxygens (including phenoxy) is 1. The van der Waals surface area contributed by atoms with Gasteiger partial charge < -0.3 is 9.64 Å². The molecule has 1 saturated heterocycles.